The number of anilines is 1. The lowest BCUT2D eigenvalue weighted by molar-refractivity contribution is 0.0697. The van der Waals surface area contributed by atoms with E-state index in [4.69, 9.17) is 14.9 Å². The van der Waals surface area contributed by atoms with E-state index in [1.807, 2.05) is 47.6 Å². The van der Waals surface area contributed by atoms with E-state index in [0.717, 1.165) is 34.8 Å². The number of nitrogens with zero attached hydrogens (tertiary/aromatic N) is 2. The van der Waals surface area contributed by atoms with Crippen molar-refractivity contribution in [2.75, 3.05) is 12.1 Å². The first-order valence-corrected chi connectivity index (χ1v) is 8.63. The Hall–Kier alpha value is -3.54. The summed E-state index contributed by atoms with van der Waals surface area (Å²) in [5, 5.41) is 15.9. The largest absolute Gasteiger partial charge is 0.497 e. The molecule has 2 heterocycles. The molecule has 6 heteroatoms. The van der Waals surface area contributed by atoms with Crippen LogP contribution in [0.1, 0.15) is 34.1 Å². The van der Waals surface area contributed by atoms with Crippen molar-refractivity contribution in [1.29, 1.82) is 0 Å². The van der Waals surface area contributed by atoms with Gasteiger partial charge in [-0.1, -0.05) is 12.1 Å². The van der Waals surface area contributed by atoms with Crippen LogP contribution in [-0.2, 0) is 0 Å². The van der Waals surface area contributed by atoms with Crippen LogP contribution in [0.3, 0.4) is 0 Å². The van der Waals surface area contributed by atoms with E-state index < -0.39 is 5.97 Å². The summed E-state index contributed by atoms with van der Waals surface area (Å²) in [7, 11) is 1.65. The molecule has 1 aliphatic heterocycles. The third-order valence-corrected chi connectivity index (χ3v) is 4.70. The number of benzene rings is 2. The average Bonchev–Trinajstić information content (AvgIpc) is 3.38. The molecule has 27 heavy (non-hydrogen) atoms. The molecule has 0 bridgehead atoms. The van der Waals surface area contributed by atoms with Crippen molar-refractivity contribution >= 4 is 17.4 Å². The Morgan fingerprint density at radius 1 is 1.15 bits per heavy atom. The maximum absolute atomic E-state index is 11.1. The molecule has 0 fully saturated rings. The number of aromatic amines is 1. The molecule has 1 unspecified atom stereocenters. The maximum Gasteiger partial charge on any atom is 0.335 e. The van der Waals surface area contributed by atoms with Crippen LogP contribution in [0.2, 0.25) is 0 Å². The first-order chi connectivity index (χ1) is 13.2. The minimum atomic E-state index is -0.940. The summed E-state index contributed by atoms with van der Waals surface area (Å²) >= 11 is 0. The zero-order valence-electron chi connectivity index (χ0n) is 14.8. The highest BCUT2D eigenvalue weighted by molar-refractivity contribution is 6.02. The van der Waals surface area contributed by atoms with Crippen LogP contribution in [0.25, 0.3) is 0 Å². The van der Waals surface area contributed by atoms with Crippen LogP contribution in [0.5, 0.6) is 5.75 Å². The summed E-state index contributed by atoms with van der Waals surface area (Å²) in [5.74, 6) is -0.134. The number of hydrogen-bond acceptors (Lipinski definition) is 4. The van der Waals surface area contributed by atoms with Gasteiger partial charge in [0.1, 0.15) is 5.75 Å². The van der Waals surface area contributed by atoms with Crippen LogP contribution >= 0.6 is 0 Å². The van der Waals surface area contributed by atoms with E-state index in [-0.39, 0.29) is 11.6 Å². The van der Waals surface area contributed by atoms with Gasteiger partial charge in [-0.3, -0.25) is 5.01 Å². The van der Waals surface area contributed by atoms with Crippen molar-refractivity contribution in [1.82, 2.24) is 4.98 Å². The molecule has 1 aliphatic rings. The molecule has 1 aromatic heterocycles. The number of hydrogen-bond donors (Lipinski definition) is 2. The molecule has 0 spiro atoms. The predicted octanol–water partition coefficient (Wildman–Crippen LogP) is 4.08. The van der Waals surface area contributed by atoms with Gasteiger partial charge in [-0.2, -0.15) is 5.10 Å². The lowest BCUT2D eigenvalue weighted by Gasteiger charge is -2.24. The van der Waals surface area contributed by atoms with E-state index in [0.29, 0.717) is 0 Å². The maximum atomic E-state index is 11.1. The van der Waals surface area contributed by atoms with E-state index in [1.54, 1.807) is 31.4 Å². The van der Waals surface area contributed by atoms with Crippen LogP contribution in [-0.4, -0.2) is 28.9 Å². The molecule has 136 valence electrons. The number of rotatable bonds is 5. The van der Waals surface area contributed by atoms with Crippen LogP contribution in [0.4, 0.5) is 5.69 Å². The van der Waals surface area contributed by atoms with E-state index in [9.17, 15) is 4.79 Å². The van der Waals surface area contributed by atoms with Gasteiger partial charge in [-0.15, -0.1) is 0 Å². The zero-order valence-corrected chi connectivity index (χ0v) is 14.8. The van der Waals surface area contributed by atoms with E-state index in [2.05, 4.69) is 4.98 Å². The number of aromatic nitrogens is 1. The summed E-state index contributed by atoms with van der Waals surface area (Å²) in [6, 6.07) is 18.7. The van der Waals surface area contributed by atoms with Gasteiger partial charge < -0.3 is 14.8 Å². The Labute approximate surface area is 156 Å². The zero-order chi connectivity index (χ0) is 18.8. The summed E-state index contributed by atoms with van der Waals surface area (Å²) in [5.41, 5.74) is 4.17. The Morgan fingerprint density at radius 3 is 2.48 bits per heavy atom. The quantitative estimate of drug-likeness (QED) is 0.718. The van der Waals surface area contributed by atoms with Crippen molar-refractivity contribution in [3.8, 4) is 5.75 Å². The van der Waals surface area contributed by atoms with Gasteiger partial charge in [0.05, 0.1) is 35.8 Å². The monoisotopic (exact) mass is 361 g/mol. The molecule has 0 aliphatic carbocycles. The third-order valence-electron chi connectivity index (χ3n) is 4.70. The smallest absolute Gasteiger partial charge is 0.335 e. The van der Waals surface area contributed by atoms with Gasteiger partial charge in [-0.25, -0.2) is 4.79 Å². The highest BCUT2D eigenvalue weighted by Gasteiger charge is 2.30. The number of nitrogens with one attached hydrogen (secondary N) is 1. The van der Waals surface area contributed by atoms with Crippen LogP contribution in [0, 0.1) is 0 Å². The van der Waals surface area contributed by atoms with Gasteiger partial charge >= 0.3 is 5.97 Å². The summed E-state index contributed by atoms with van der Waals surface area (Å²) in [6.07, 6.45) is 2.62. The topological polar surface area (TPSA) is 77.9 Å². The van der Waals surface area contributed by atoms with Gasteiger partial charge in [0.25, 0.3) is 0 Å². The van der Waals surface area contributed by atoms with Gasteiger partial charge in [0, 0.05) is 12.6 Å². The van der Waals surface area contributed by atoms with E-state index in [1.165, 1.54) is 0 Å². The summed E-state index contributed by atoms with van der Waals surface area (Å²) < 4.78 is 5.26. The highest BCUT2D eigenvalue weighted by atomic mass is 16.5. The molecule has 2 N–H and O–H groups in total. The molecule has 0 saturated carbocycles. The SMILES string of the molecule is COc1ccc(C2CC(c3ccc[nH]3)=NN2c2ccc(C(=O)O)cc2)cc1. The number of carboxylic acid groups (broad SMARTS) is 1. The molecule has 1 atom stereocenters. The number of carbonyl (C=O) groups is 1. The van der Waals surface area contributed by atoms with Crippen molar-refractivity contribution in [2.24, 2.45) is 5.10 Å². The standard InChI is InChI=1S/C21H19N3O3/c1-27-17-10-6-14(7-11-17)20-13-19(18-3-2-12-22-18)23-24(20)16-8-4-15(5-9-16)21(25)26/h2-12,20,22H,13H2,1H3,(H,25,26). The Kier molecular flexibility index (Phi) is 4.38. The van der Waals surface area contributed by atoms with Gasteiger partial charge in [0.15, 0.2) is 0 Å². The Balaban J connectivity index is 1.71. The molecule has 0 radical (unpaired) electrons. The Bertz CT molecular complexity index is 961. The second-order valence-electron chi connectivity index (χ2n) is 6.32. The van der Waals surface area contributed by atoms with E-state index >= 15 is 0 Å². The lowest BCUT2D eigenvalue weighted by Crippen LogP contribution is -2.18. The fourth-order valence-corrected chi connectivity index (χ4v) is 3.26. The molecular formula is C21H19N3O3. The normalized spacial score (nSPS) is 16.3. The van der Waals surface area contributed by atoms with Crippen LogP contribution < -0.4 is 9.75 Å². The average molecular weight is 361 g/mol. The van der Waals surface area contributed by atoms with Gasteiger partial charge in [0.2, 0.25) is 0 Å². The Morgan fingerprint density at radius 2 is 1.89 bits per heavy atom. The molecule has 0 saturated heterocycles. The molecule has 4 rings (SSSR count). The molecule has 6 nitrogen and oxygen atoms in total. The van der Waals surface area contributed by atoms with Crippen molar-refractivity contribution < 1.29 is 14.6 Å². The number of hydrazone groups is 1. The first-order valence-electron chi connectivity index (χ1n) is 8.63. The lowest BCUT2D eigenvalue weighted by atomic mass is 10.00. The molecule has 0 amide bonds. The minimum Gasteiger partial charge on any atom is -0.497 e. The first kappa shape index (κ1) is 16.9. The van der Waals surface area contributed by atoms with Crippen molar-refractivity contribution in [2.45, 2.75) is 12.5 Å². The fourth-order valence-electron chi connectivity index (χ4n) is 3.26. The second kappa shape index (κ2) is 6.99. The van der Waals surface area contributed by atoms with Crippen molar-refractivity contribution in [3.05, 3.63) is 83.7 Å². The molecular weight excluding hydrogens is 342 g/mol. The number of carboxylic acids is 1. The third kappa shape index (κ3) is 3.29. The number of methoxy groups -OCH3 is 1. The number of H-pyrrole nitrogens is 1. The van der Waals surface area contributed by atoms with Crippen LogP contribution in [0.15, 0.2) is 72.0 Å². The molecule has 2 aromatic carbocycles. The van der Waals surface area contributed by atoms with Crippen molar-refractivity contribution in [3.63, 3.8) is 0 Å². The predicted molar refractivity (Wildman–Crippen MR) is 104 cm³/mol. The fraction of sp³-hybridized carbons (Fsp3) is 0.143. The molecule has 3 aromatic rings. The highest BCUT2D eigenvalue weighted by Crippen LogP contribution is 2.37. The second-order valence-corrected chi connectivity index (χ2v) is 6.32. The minimum absolute atomic E-state index is 0.0184. The summed E-state index contributed by atoms with van der Waals surface area (Å²) in [6.45, 7) is 0. The van der Waals surface area contributed by atoms with Gasteiger partial charge in [-0.05, 0) is 54.1 Å². The number of aromatic carboxylic acids is 1. The summed E-state index contributed by atoms with van der Waals surface area (Å²) in [4.78, 5) is 14.3. The number of ether oxygens (including phenoxy) is 1.